The number of para-hydroxylation sites is 1. The van der Waals surface area contributed by atoms with E-state index >= 15 is 0 Å². The Labute approximate surface area is 219 Å². The van der Waals surface area contributed by atoms with E-state index < -0.39 is 15.9 Å². The predicted octanol–water partition coefficient (Wildman–Crippen LogP) is 6.84. The third-order valence-corrected chi connectivity index (χ3v) is 8.08. The highest BCUT2D eigenvalue weighted by atomic mass is 32.2. The van der Waals surface area contributed by atoms with Gasteiger partial charge in [-0.3, -0.25) is 14.8 Å². The van der Waals surface area contributed by atoms with Crippen molar-refractivity contribution in [3.05, 3.63) is 120 Å². The SMILES string of the molecule is Cc1ccc(S(=O)(=O)Nc2ccccc2C(=O)Nc2nc(-c3ccccc3)c(-c3ccccc3)s2)cc1. The third kappa shape index (κ3) is 5.45. The molecule has 0 aliphatic heterocycles. The van der Waals surface area contributed by atoms with Gasteiger partial charge in [-0.05, 0) is 36.8 Å². The minimum Gasteiger partial charge on any atom is -0.298 e. The van der Waals surface area contributed by atoms with Crippen molar-refractivity contribution in [1.29, 1.82) is 0 Å². The van der Waals surface area contributed by atoms with Gasteiger partial charge in [0.1, 0.15) is 0 Å². The number of hydrogen-bond acceptors (Lipinski definition) is 5. The second kappa shape index (κ2) is 10.4. The molecule has 2 N–H and O–H groups in total. The van der Waals surface area contributed by atoms with Crippen LogP contribution in [0, 0.1) is 6.92 Å². The molecule has 0 fully saturated rings. The fraction of sp³-hybridized carbons (Fsp3) is 0.0345. The van der Waals surface area contributed by atoms with Gasteiger partial charge in [-0.2, -0.15) is 0 Å². The number of anilines is 2. The van der Waals surface area contributed by atoms with E-state index in [1.54, 1.807) is 36.4 Å². The van der Waals surface area contributed by atoms with E-state index in [-0.39, 0.29) is 16.1 Å². The number of thiazole rings is 1. The first-order valence-electron chi connectivity index (χ1n) is 11.5. The average molecular weight is 526 g/mol. The summed E-state index contributed by atoms with van der Waals surface area (Å²) in [7, 11) is -3.88. The van der Waals surface area contributed by atoms with E-state index in [4.69, 9.17) is 4.98 Å². The Hall–Kier alpha value is -4.27. The first kappa shape index (κ1) is 24.4. The molecule has 37 heavy (non-hydrogen) atoms. The van der Waals surface area contributed by atoms with Gasteiger partial charge >= 0.3 is 0 Å². The van der Waals surface area contributed by atoms with E-state index in [9.17, 15) is 13.2 Å². The molecule has 6 nitrogen and oxygen atoms in total. The minimum absolute atomic E-state index is 0.119. The lowest BCUT2D eigenvalue weighted by Crippen LogP contribution is -2.18. The summed E-state index contributed by atoms with van der Waals surface area (Å²) in [5, 5.41) is 3.28. The summed E-state index contributed by atoms with van der Waals surface area (Å²) in [6, 6.07) is 32.7. The maximum absolute atomic E-state index is 13.3. The molecule has 4 aromatic carbocycles. The van der Waals surface area contributed by atoms with Crippen LogP contribution in [-0.4, -0.2) is 19.3 Å². The maximum atomic E-state index is 13.3. The van der Waals surface area contributed by atoms with E-state index in [2.05, 4.69) is 10.0 Å². The molecule has 1 amide bonds. The van der Waals surface area contributed by atoms with Crippen LogP contribution in [0.2, 0.25) is 0 Å². The van der Waals surface area contributed by atoms with Crippen LogP contribution in [0.5, 0.6) is 0 Å². The smallest absolute Gasteiger partial charge is 0.261 e. The van der Waals surface area contributed by atoms with Crippen molar-refractivity contribution < 1.29 is 13.2 Å². The van der Waals surface area contributed by atoms with Crippen LogP contribution in [0.25, 0.3) is 21.7 Å². The molecule has 0 bridgehead atoms. The summed E-state index contributed by atoms with van der Waals surface area (Å²) in [5.74, 6) is -0.463. The average Bonchev–Trinajstić information content (AvgIpc) is 3.34. The first-order chi connectivity index (χ1) is 17.9. The Morgan fingerprint density at radius 2 is 1.35 bits per heavy atom. The van der Waals surface area contributed by atoms with Gasteiger partial charge in [0.25, 0.3) is 15.9 Å². The molecule has 0 aliphatic carbocycles. The van der Waals surface area contributed by atoms with Crippen LogP contribution >= 0.6 is 11.3 Å². The van der Waals surface area contributed by atoms with Crippen LogP contribution in [0.1, 0.15) is 15.9 Å². The zero-order chi connectivity index (χ0) is 25.8. The van der Waals surface area contributed by atoms with Crippen molar-refractivity contribution in [2.75, 3.05) is 10.0 Å². The monoisotopic (exact) mass is 525 g/mol. The van der Waals surface area contributed by atoms with Gasteiger partial charge in [0.05, 0.1) is 26.7 Å². The second-order valence-electron chi connectivity index (χ2n) is 8.35. The molecule has 0 saturated heterocycles. The lowest BCUT2D eigenvalue weighted by atomic mass is 10.1. The molecule has 0 atom stereocenters. The van der Waals surface area contributed by atoms with Crippen LogP contribution < -0.4 is 10.0 Å². The van der Waals surface area contributed by atoms with E-state index in [1.807, 2.05) is 67.6 Å². The number of rotatable bonds is 7. The number of amides is 1. The largest absolute Gasteiger partial charge is 0.298 e. The summed E-state index contributed by atoms with van der Waals surface area (Å²) in [6.07, 6.45) is 0. The zero-order valence-corrected chi connectivity index (χ0v) is 21.5. The second-order valence-corrected chi connectivity index (χ2v) is 11.0. The Bertz CT molecular complexity index is 1590. The van der Waals surface area contributed by atoms with Crippen molar-refractivity contribution in [3.63, 3.8) is 0 Å². The van der Waals surface area contributed by atoms with Gasteiger partial charge < -0.3 is 0 Å². The van der Waals surface area contributed by atoms with Crippen molar-refractivity contribution in [2.45, 2.75) is 11.8 Å². The fourth-order valence-corrected chi connectivity index (χ4v) is 5.87. The highest BCUT2D eigenvalue weighted by molar-refractivity contribution is 7.92. The van der Waals surface area contributed by atoms with Gasteiger partial charge in [-0.1, -0.05) is 102 Å². The summed E-state index contributed by atoms with van der Waals surface area (Å²) in [4.78, 5) is 19.1. The normalized spacial score (nSPS) is 11.2. The Morgan fingerprint density at radius 3 is 2.03 bits per heavy atom. The molecular weight excluding hydrogens is 502 g/mol. The molecule has 0 unspecified atom stereocenters. The van der Waals surface area contributed by atoms with E-state index in [0.717, 1.165) is 27.3 Å². The lowest BCUT2D eigenvalue weighted by Gasteiger charge is -2.12. The summed E-state index contributed by atoms with van der Waals surface area (Å²) < 4.78 is 28.5. The molecule has 0 spiro atoms. The van der Waals surface area contributed by atoms with Gasteiger partial charge in [0.2, 0.25) is 0 Å². The first-order valence-corrected chi connectivity index (χ1v) is 13.8. The number of nitrogens with zero attached hydrogens (tertiary/aromatic N) is 1. The van der Waals surface area contributed by atoms with Gasteiger partial charge in [0, 0.05) is 5.56 Å². The number of nitrogens with one attached hydrogen (secondary N) is 2. The van der Waals surface area contributed by atoms with Gasteiger partial charge in [-0.25, -0.2) is 13.4 Å². The molecule has 5 rings (SSSR count). The molecule has 0 saturated carbocycles. The van der Waals surface area contributed by atoms with Crippen molar-refractivity contribution in [1.82, 2.24) is 4.98 Å². The van der Waals surface area contributed by atoms with Crippen LogP contribution in [0.4, 0.5) is 10.8 Å². The third-order valence-electron chi connectivity index (χ3n) is 5.68. The van der Waals surface area contributed by atoms with Crippen molar-refractivity contribution >= 4 is 38.1 Å². The number of sulfonamides is 1. The van der Waals surface area contributed by atoms with Crippen molar-refractivity contribution in [2.24, 2.45) is 0 Å². The molecule has 1 aromatic heterocycles. The number of aromatic nitrogens is 1. The minimum atomic E-state index is -3.88. The predicted molar refractivity (Wildman–Crippen MR) is 149 cm³/mol. The Balaban J connectivity index is 1.46. The highest BCUT2D eigenvalue weighted by Crippen LogP contribution is 2.39. The van der Waals surface area contributed by atoms with Gasteiger partial charge in [-0.15, -0.1) is 0 Å². The highest BCUT2D eigenvalue weighted by Gasteiger charge is 2.21. The molecule has 5 aromatic rings. The van der Waals surface area contributed by atoms with Crippen LogP contribution in [0.15, 0.2) is 114 Å². The summed E-state index contributed by atoms with van der Waals surface area (Å²) in [5.41, 5.74) is 4.02. The molecule has 184 valence electrons. The van der Waals surface area contributed by atoms with Crippen LogP contribution in [-0.2, 0) is 10.0 Å². The number of aryl methyl sites for hydroxylation is 1. The Kier molecular flexibility index (Phi) is 6.85. The summed E-state index contributed by atoms with van der Waals surface area (Å²) >= 11 is 1.37. The van der Waals surface area contributed by atoms with Gasteiger partial charge in [0.15, 0.2) is 5.13 Å². The fourth-order valence-electron chi connectivity index (χ4n) is 3.81. The molecule has 8 heteroatoms. The number of carbonyl (C=O) groups excluding carboxylic acids is 1. The lowest BCUT2D eigenvalue weighted by molar-refractivity contribution is 0.102. The number of carbonyl (C=O) groups is 1. The van der Waals surface area contributed by atoms with E-state index in [1.165, 1.54) is 23.5 Å². The van der Waals surface area contributed by atoms with Crippen LogP contribution in [0.3, 0.4) is 0 Å². The quantitative estimate of drug-likeness (QED) is 0.244. The van der Waals surface area contributed by atoms with Crippen molar-refractivity contribution in [3.8, 4) is 21.7 Å². The molecule has 0 aliphatic rings. The molecule has 1 heterocycles. The topological polar surface area (TPSA) is 88.2 Å². The zero-order valence-electron chi connectivity index (χ0n) is 19.9. The standard InChI is InChI=1S/C29H23N3O3S2/c1-20-16-18-23(19-17-20)37(34,35)32-25-15-9-8-14-24(25)28(33)31-29-30-26(21-10-4-2-5-11-21)27(36-29)22-12-6-3-7-13-22/h2-19,32H,1H3,(H,30,31,33). The van der Waals surface area contributed by atoms with E-state index in [0.29, 0.717) is 5.13 Å². The number of benzene rings is 4. The maximum Gasteiger partial charge on any atom is 0.261 e. The number of hydrogen-bond donors (Lipinski definition) is 2. The Morgan fingerprint density at radius 1 is 0.757 bits per heavy atom. The summed E-state index contributed by atoms with van der Waals surface area (Å²) in [6.45, 7) is 1.88. The molecule has 0 radical (unpaired) electrons. The molecular formula is C29H23N3O3S2.